The van der Waals surface area contributed by atoms with Crippen LogP contribution in [0.1, 0.15) is 35.3 Å². The van der Waals surface area contributed by atoms with Gasteiger partial charge in [0.2, 0.25) is 5.91 Å². The van der Waals surface area contributed by atoms with Gasteiger partial charge in [0.25, 0.3) is 0 Å². The number of nitrogens with one attached hydrogen (secondary N) is 1. The lowest BCUT2D eigenvalue weighted by molar-refractivity contribution is -0.117. The van der Waals surface area contributed by atoms with E-state index in [0.29, 0.717) is 12.1 Å². The van der Waals surface area contributed by atoms with Gasteiger partial charge < -0.3 is 10.2 Å². The Morgan fingerprint density at radius 1 is 1.00 bits per heavy atom. The third-order valence-electron chi connectivity index (χ3n) is 5.77. The molecule has 0 aliphatic carbocycles. The maximum atomic E-state index is 13.0. The molecule has 1 aliphatic heterocycles. The molecule has 6 nitrogen and oxygen atoms in total. The highest BCUT2D eigenvalue weighted by Gasteiger charge is 2.30. The molecule has 1 unspecified atom stereocenters. The van der Waals surface area contributed by atoms with Crippen molar-refractivity contribution in [2.45, 2.75) is 45.6 Å². The number of carbonyl (C=O) groups is 1. The number of likely N-dealkylation sites (N-methyl/N-ethyl adjacent to an activating group) is 1. The molecule has 1 aliphatic rings. The monoisotopic (exact) mass is 419 g/mol. The fourth-order valence-electron chi connectivity index (χ4n) is 3.65. The van der Waals surface area contributed by atoms with Crippen molar-refractivity contribution < 1.29 is 9.18 Å². The lowest BCUT2D eigenvalue weighted by atomic mass is 10.1. The van der Waals surface area contributed by atoms with Crippen LogP contribution in [0.3, 0.4) is 0 Å². The van der Waals surface area contributed by atoms with Gasteiger partial charge >= 0.3 is 0 Å². The van der Waals surface area contributed by atoms with Crippen molar-refractivity contribution in [3.8, 4) is 0 Å². The van der Waals surface area contributed by atoms with E-state index < -0.39 is 0 Å². The number of hydrogen-bond acceptors (Lipinski definition) is 5. The molecule has 0 radical (unpaired) electrons. The Morgan fingerprint density at radius 2 is 1.71 bits per heavy atom. The maximum Gasteiger partial charge on any atom is 0.246 e. The number of rotatable bonds is 6. The van der Waals surface area contributed by atoms with Gasteiger partial charge in [-0.2, -0.15) is 0 Å². The summed E-state index contributed by atoms with van der Waals surface area (Å²) in [5.41, 5.74) is 4.71. The van der Waals surface area contributed by atoms with E-state index in [1.54, 1.807) is 0 Å². The predicted octanol–water partition coefficient (Wildman–Crippen LogP) is 3.67. The summed E-state index contributed by atoms with van der Waals surface area (Å²) in [6, 6.07) is 10.5. The van der Waals surface area contributed by atoms with Gasteiger partial charge in [0.05, 0.1) is 5.69 Å². The van der Waals surface area contributed by atoms with Gasteiger partial charge in [-0.25, -0.2) is 14.4 Å². The fraction of sp³-hybridized carbons (Fsp3) is 0.333. The molecule has 4 rings (SSSR count). The Labute approximate surface area is 181 Å². The molecular weight excluding hydrogens is 393 g/mol. The molecule has 160 valence electrons. The van der Waals surface area contributed by atoms with Crippen LogP contribution in [0.4, 0.5) is 15.9 Å². The molecule has 1 amide bonds. The van der Waals surface area contributed by atoms with Crippen molar-refractivity contribution in [3.63, 3.8) is 0 Å². The third kappa shape index (κ3) is 4.71. The van der Waals surface area contributed by atoms with E-state index in [9.17, 15) is 9.18 Å². The molecule has 1 aromatic carbocycles. The van der Waals surface area contributed by atoms with Crippen molar-refractivity contribution in [1.82, 2.24) is 15.0 Å². The highest BCUT2D eigenvalue weighted by atomic mass is 19.1. The van der Waals surface area contributed by atoms with Crippen LogP contribution >= 0.6 is 0 Å². The Hall–Kier alpha value is -3.35. The van der Waals surface area contributed by atoms with E-state index in [1.807, 2.05) is 50.2 Å². The number of aryl methyl sites for hydroxylation is 5. The normalized spacial score (nSPS) is 15.5. The van der Waals surface area contributed by atoms with Gasteiger partial charge in [-0.1, -0.05) is 18.2 Å². The first kappa shape index (κ1) is 20.9. The van der Waals surface area contributed by atoms with Crippen LogP contribution in [0.2, 0.25) is 0 Å². The zero-order chi connectivity index (χ0) is 22.0. The first-order valence-electron chi connectivity index (χ1n) is 10.5. The highest BCUT2D eigenvalue weighted by molar-refractivity contribution is 6.02. The SMILES string of the molecule is Cc1nc(CCc2ccc(CCc3ccc(F)cc3)nc2)nc2c1NC(=O)C(C)N2C. The predicted molar refractivity (Wildman–Crippen MR) is 119 cm³/mol. The molecule has 3 aromatic rings. The number of halogens is 1. The summed E-state index contributed by atoms with van der Waals surface area (Å²) in [7, 11) is 1.88. The van der Waals surface area contributed by atoms with Gasteiger partial charge in [-0.05, 0) is 62.4 Å². The fourth-order valence-corrected chi connectivity index (χ4v) is 3.65. The maximum absolute atomic E-state index is 13.0. The molecule has 0 bridgehead atoms. The van der Waals surface area contributed by atoms with Crippen LogP contribution in [0.15, 0.2) is 42.6 Å². The van der Waals surface area contributed by atoms with Gasteiger partial charge in [0.1, 0.15) is 23.4 Å². The summed E-state index contributed by atoms with van der Waals surface area (Å²) in [5, 5.41) is 2.91. The first-order chi connectivity index (χ1) is 14.9. The lowest BCUT2D eigenvalue weighted by Gasteiger charge is -2.32. The number of carbonyl (C=O) groups excluding carboxylic acids is 1. The summed E-state index contributed by atoms with van der Waals surface area (Å²) in [6.07, 6.45) is 5.03. The van der Waals surface area contributed by atoms with E-state index in [0.717, 1.165) is 53.4 Å². The molecule has 31 heavy (non-hydrogen) atoms. The minimum Gasteiger partial charge on any atom is -0.346 e. The average molecular weight is 420 g/mol. The molecule has 0 spiro atoms. The lowest BCUT2D eigenvalue weighted by Crippen LogP contribution is -2.45. The van der Waals surface area contributed by atoms with E-state index >= 15 is 0 Å². The Morgan fingerprint density at radius 3 is 2.42 bits per heavy atom. The van der Waals surface area contributed by atoms with Crippen LogP contribution < -0.4 is 10.2 Å². The molecule has 3 heterocycles. The number of hydrogen-bond donors (Lipinski definition) is 1. The number of amides is 1. The van der Waals surface area contributed by atoms with Gasteiger partial charge in [-0.3, -0.25) is 9.78 Å². The van der Waals surface area contributed by atoms with Crippen molar-refractivity contribution in [3.05, 3.63) is 76.8 Å². The van der Waals surface area contributed by atoms with Gasteiger partial charge in [-0.15, -0.1) is 0 Å². The molecule has 1 N–H and O–H groups in total. The largest absolute Gasteiger partial charge is 0.346 e. The quantitative estimate of drug-likeness (QED) is 0.660. The zero-order valence-corrected chi connectivity index (χ0v) is 18.0. The van der Waals surface area contributed by atoms with Crippen LogP contribution in [0.25, 0.3) is 0 Å². The number of benzene rings is 1. The van der Waals surface area contributed by atoms with Crippen molar-refractivity contribution in [1.29, 1.82) is 0 Å². The topological polar surface area (TPSA) is 71.0 Å². The summed E-state index contributed by atoms with van der Waals surface area (Å²) in [4.78, 5) is 27.8. The summed E-state index contributed by atoms with van der Waals surface area (Å²) in [6.45, 7) is 3.75. The highest BCUT2D eigenvalue weighted by Crippen LogP contribution is 2.31. The van der Waals surface area contributed by atoms with E-state index in [4.69, 9.17) is 4.98 Å². The van der Waals surface area contributed by atoms with Gasteiger partial charge in [0, 0.05) is 25.4 Å². The minimum atomic E-state index is -0.263. The second-order valence-electron chi connectivity index (χ2n) is 7.98. The van der Waals surface area contributed by atoms with Crippen LogP contribution in [-0.2, 0) is 30.5 Å². The van der Waals surface area contributed by atoms with Crippen molar-refractivity contribution in [2.75, 3.05) is 17.3 Å². The minimum absolute atomic E-state index is 0.0416. The standard InChI is InChI=1S/C24H26FN5O/c1-15-22-23(30(3)16(2)24(31)29-22)28-21(27-15)13-8-18-7-12-20(26-14-18)11-6-17-4-9-19(25)10-5-17/h4-5,7,9-10,12,14,16H,6,8,11,13H2,1-3H3,(H,29,31). The van der Waals surface area contributed by atoms with Crippen LogP contribution in [0, 0.1) is 12.7 Å². The van der Waals surface area contributed by atoms with Crippen LogP contribution in [-0.4, -0.2) is 33.9 Å². The number of pyridine rings is 1. The number of nitrogens with zero attached hydrogens (tertiary/aromatic N) is 4. The molecular formula is C24H26FN5O. The Balaban J connectivity index is 1.38. The Kier molecular flexibility index (Phi) is 5.93. The smallest absolute Gasteiger partial charge is 0.246 e. The Bertz CT molecular complexity index is 1080. The van der Waals surface area contributed by atoms with Gasteiger partial charge in [0.15, 0.2) is 5.82 Å². The number of fused-ring (bicyclic) bond motifs is 1. The first-order valence-corrected chi connectivity index (χ1v) is 10.5. The summed E-state index contributed by atoms with van der Waals surface area (Å²) >= 11 is 0. The molecule has 0 saturated heterocycles. The second kappa shape index (κ2) is 8.79. The van der Waals surface area contributed by atoms with E-state index in [2.05, 4.69) is 21.4 Å². The summed E-state index contributed by atoms with van der Waals surface area (Å²) in [5.74, 6) is 1.27. The van der Waals surface area contributed by atoms with E-state index in [-0.39, 0.29) is 17.8 Å². The number of anilines is 2. The average Bonchev–Trinajstić information content (AvgIpc) is 2.77. The molecule has 0 fully saturated rings. The third-order valence-corrected chi connectivity index (χ3v) is 5.77. The number of aromatic nitrogens is 3. The van der Waals surface area contributed by atoms with Crippen LogP contribution in [0.5, 0.6) is 0 Å². The molecule has 7 heteroatoms. The second-order valence-corrected chi connectivity index (χ2v) is 7.98. The van der Waals surface area contributed by atoms with Crippen molar-refractivity contribution >= 4 is 17.4 Å². The molecule has 2 aromatic heterocycles. The summed E-state index contributed by atoms with van der Waals surface area (Å²) < 4.78 is 13.0. The molecule has 0 saturated carbocycles. The zero-order valence-electron chi connectivity index (χ0n) is 18.0. The van der Waals surface area contributed by atoms with Crippen molar-refractivity contribution in [2.24, 2.45) is 0 Å². The molecule has 1 atom stereocenters. The van der Waals surface area contributed by atoms with E-state index in [1.165, 1.54) is 12.1 Å².